The molecular weight excluding hydrogens is 448 g/mol. The highest BCUT2D eigenvalue weighted by molar-refractivity contribution is 9.10. The van der Waals surface area contributed by atoms with Gasteiger partial charge in [0.15, 0.2) is 11.3 Å². The summed E-state index contributed by atoms with van der Waals surface area (Å²) in [6, 6.07) is 10.2. The molecule has 0 aromatic heterocycles. The number of hydrogen-bond donors (Lipinski definition) is 1. The van der Waals surface area contributed by atoms with Gasteiger partial charge in [-0.25, -0.2) is 5.01 Å². The van der Waals surface area contributed by atoms with Crippen LogP contribution in [0.25, 0.3) is 5.70 Å². The maximum absolute atomic E-state index is 13.1. The van der Waals surface area contributed by atoms with Crippen LogP contribution in [0.3, 0.4) is 0 Å². The molecule has 0 saturated carbocycles. The van der Waals surface area contributed by atoms with Gasteiger partial charge in [0.05, 0.1) is 5.36 Å². The van der Waals surface area contributed by atoms with Gasteiger partial charge in [-0.3, -0.25) is 15.1 Å². The first-order valence-electron chi connectivity index (χ1n) is 9.66. The monoisotopic (exact) mass is 470 g/mol. The molecule has 2 aromatic carbocycles. The molecular formula is C22H23BrN4OS. The molecule has 2 aromatic rings. The number of nitrogens with one attached hydrogen (secondary N) is 1. The van der Waals surface area contributed by atoms with E-state index in [4.69, 9.17) is 10.1 Å². The maximum atomic E-state index is 13.1. The molecule has 0 saturated heterocycles. The topological polar surface area (TPSA) is 57.1 Å². The molecule has 0 aliphatic carbocycles. The lowest BCUT2D eigenvalue weighted by Gasteiger charge is -2.35. The van der Waals surface area contributed by atoms with E-state index in [9.17, 15) is 4.79 Å². The van der Waals surface area contributed by atoms with Crippen molar-refractivity contribution >= 4 is 44.5 Å². The van der Waals surface area contributed by atoms with Crippen molar-refractivity contribution in [2.45, 2.75) is 40.3 Å². The fourth-order valence-corrected chi connectivity index (χ4v) is 4.97. The molecule has 0 spiro atoms. The predicted molar refractivity (Wildman–Crippen MR) is 122 cm³/mol. The molecule has 1 amide bonds. The van der Waals surface area contributed by atoms with Crippen molar-refractivity contribution in [2.75, 3.05) is 5.75 Å². The molecule has 7 heteroatoms. The van der Waals surface area contributed by atoms with E-state index in [1.54, 1.807) is 16.8 Å². The van der Waals surface area contributed by atoms with Crippen LogP contribution in [0.5, 0.6) is 0 Å². The van der Waals surface area contributed by atoms with Crippen molar-refractivity contribution in [3.63, 3.8) is 0 Å². The Morgan fingerprint density at radius 2 is 1.90 bits per heavy atom. The third-order valence-corrected chi connectivity index (χ3v) is 6.57. The molecule has 2 heterocycles. The van der Waals surface area contributed by atoms with Crippen LogP contribution in [-0.2, 0) is 4.79 Å². The number of hydrazone groups is 1. The summed E-state index contributed by atoms with van der Waals surface area (Å²) in [5.41, 5.74) is 5.16. The van der Waals surface area contributed by atoms with Crippen molar-refractivity contribution in [1.82, 2.24) is 10.3 Å². The Bertz CT molecular complexity index is 1130. The average Bonchev–Trinajstić information content (AvgIpc) is 2.65. The molecule has 1 N–H and O–H groups in total. The lowest BCUT2D eigenvalue weighted by Crippen LogP contribution is -2.50. The van der Waals surface area contributed by atoms with E-state index in [-0.39, 0.29) is 12.1 Å². The number of halogens is 1. The van der Waals surface area contributed by atoms with Gasteiger partial charge in [0.1, 0.15) is 5.70 Å². The van der Waals surface area contributed by atoms with Crippen LogP contribution >= 0.6 is 27.7 Å². The maximum Gasteiger partial charge on any atom is 0.276 e. The lowest BCUT2D eigenvalue weighted by molar-refractivity contribution is -0.116. The molecule has 2 aliphatic heterocycles. The van der Waals surface area contributed by atoms with Gasteiger partial charge in [-0.2, -0.15) is 0 Å². The average molecular weight is 471 g/mol. The molecule has 150 valence electrons. The zero-order valence-electron chi connectivity index (χ0n) is 16.9. The normalized spacial score (nSPS) is 17.9. The van der Waals surface area contributed by atoms with E-state index in [1.807, 2.05) is 18.2 Å². The molecule has 4 rings (SSSR count). The molecule has 0 fully saturated rings. The zero-order valence-corrected chi connectivity index (χ0v) is 19.3. The summed E-state index contributed by atoms with van der Waals surface area (Å²) in [6.45, 7) is 8.41. The van der Waals surface area contributed by atoms with Gasteiger partial charge in [0, 0.05) is 21.0 Å². The summed E-state index contributed by atoms with van der Waals surface area (Å²) in [5, 5.41) is 11.8. The van der Waals surface area contributed by atoms with Gasteiger partial charge >= 0.3 is 0 Å². The van der Waals surface area contributed by atoms with Crippen molar-refractivity contribution in [3.05, 3.63) is 67.6 Å². The SMILES string of the molecule is CCCSC1=NN2C(=c3cc(Br)ccc3=N[C@H]2c2c(C)cc(C)cc2C)C(=O)N1. The third kappa shape index (κ3) is 3.73. The first-order chi connectivity index (χ1) is 13.9. The Morgan fingerprint density at radius 1 is 1.17 bits per heavy atom. The highest BCUT2D eigenvalue weighted by Crippen LogP contribution is 2.34. The molecule has 0 unspecified atom stereocenters. The molecule has 1 atom stereocenters. The number of carbonyl (C=O) groups excluding carboxylic acids is 1. The summed E-state index contributed by atoms with van der Waals surface area (Å²) < 4.78 is 0.906. The number of rotatable bonds is 3. The molecule has 29 heavy (non-hydrogen) atoms. The van der Waals surface area contributed by atoms with Gasteiger partial charge in [-0.05, 0) is 56.5 Å². The first-order valence-corrected chi connectivity index (χ1v) is 11.4. The van der Waals surface area contributed by atoms with E-state index in [0.717, 1.165) is 43.9 Å². The van der Waals surface area contributed by atoms with Crippen LogP contribution in [0.15, 0.2) is 44.9 Å². The summed E-state index contributed by atoms with van der Waals surface area (Å²) in [7, 11) is 0. The minimum Gasteiger partial charge on any atom is -0.298 e. The highest BCUT2D eigenvalue weighted by Gasteiger charge is 2.35. The van der Waals surface area contributed by atoms with E-state index in [2.05, 4.69) is 61.1 Å². The Morgan fingerprint density at radius 3 is 2.59 bits per heavy atom. The fourth-order valence-electron chi connectivity index (χ4n) is 3.90. The van der Waals surface area contributed by atoms with Crippen LogP contribution in [0.2, 0.25) is 0 Å². The number of hydrogen-bond acceptors (Lipinski definition) is 5. The highest BCUT2D eigenvalue weighted by atomic mass is 79.9. The Hall–Kier alpha value is -2.12. The number of benzene rings is 2. The van der Waals surface area contributed by atoms with Gasteiger partial charge < -0.3 is 0 Å². The standard InChI is InChI=1S/C22H23BrN4OS/c1-5-8-29-22-25-21(28)19-16-11-15(23)6-7-17(16)24-20(27(19)26-22)18-13(3)9-12(2)10-14(18)4/h6-7,9-11,20H,5,8H2,1-4H3,(H,25,26,28)/t20-/m1/s1. The van der Waals surface area contributed by atoms with Crippen LogP contribution in [0.1, 0.15) is 41.8 Å². The van der Waals surface area contributed by atoms with Crippen LogP contribution in [0, 0.1) is 20.8 Å². The Balaban J connectivity index is 1.97. The first kappa shape index (κ1) is 20.2. The van der Waals surface area contributed by atoms with Crippen LogP contribution in [0.4, 0.5) is 0 Å². The number of nitrogens with zero attached hydrogens (tertiary/aromatic N) is 3. The number of thioether (sulfide) groups is 1. The summed E-state index contributed by atoms with van der Waals surface area (Å²) in [4.78, 5) is 18.2. The van der Waals surface area contributed by atoms with Gasteiger partial charge in [-0.1, -0.05) is 52.3 Å². The predicted octanol–water partition coefficient (Wildman–Crippen LogP) is 3.66. The van der Waals surface area contributed by atoms with E-state index >= 15 is 0 Å². The molecule has 5 nitrogen and oxygen atoms in total. The number of amides is 1. The molecule has 0 bridgehead atoms. The molecule has 0 radical (unpaired) electrons. The van der Waals surface area contributed by atoms with Gasteiger partial charge in [0.2, 0.25) is 0 Å². The van der Waals surface area contributed by atoms with Crippen molar-refractivity contribution in [3.8, 4) is 0 Å². The summed E-state index contributed by atoms with van der Waals surface area (Å²) >= 11 is 5.08. The smallest absolute Gasteiger partial charge is 0.276 e. The largest absolute Gasteiger partial charge is 0.298 e. The number of aryl methyl sites for hydroxylation is 3. The third-order valence-electron chi connectivity index (χ3n) is 5.01. The Kier molecular flexibility index (Phi) is 5.53. The minimum absolute atomic E-state index is 0.139. The Labute approximate surface area is 183 Å². The number of amidine groups is 1. The summed E-state index contributed by atoms with van der Waals surface area (Å²) in [6.07, 6.45) is 0.637. The van der Waals surface area contributed by atoms with Crippen molar-refractivity contribution in [1.29, 1.82) is 0 Å². The van der Waals surface area contributed by atoms with Crippen LogP contribution < -0.4 is 15.9 Å². The second-order valence-corrected chi connectivity index (χ2v) is 9.38. The summed E-state index contributed by atoms with van der Waals surface area (Å²) in [5.74, 6) is 0.759. The molecule has 2 aliphatic rings. The number of fused-ring (bicyclic) bond motifs is 2. The van der Waals surface area contributed by atoms with Crippen molar-refractivity contribution in [2.24, 2.45) is 10.1 Å². The van der Waals surface area contributed by atoms with Crippen molar-refractivity contribution < 1.29 is 4.79 Å². The minimum atomic E-state index is -0.373. The van der Waals surface area contributed by atoms with E-state index in [1.165, 1.54) is 5.56 Å². The number of carbonyl (C=O) groups is 1. The second-order valence-electron chi connectivity index (χ2n) is 7.38. The zero-order chi connectivity index (χ0) is 20.7. The van der Waals surface area contributed by atoms with E-state index < -0.39 is 0 Å². The van der Waals surface area contributed by atoms with Gasteiger partial charge in [0.25, 0.3) is 5.91 Å². The van der Waals surface area contributed by atoms with Gasteiger partial charge in [-0.15, -0.1) is 5.10 Å². The quantitative estimate of drug-likeness (QED) is 0.744. The fraction of sp³-hybridized carbons (Fsp3) is 0.318. The second kappa shape index (κ2) is 7.95. The van der Waals surface area contributed by atoms with Crippen LogP contribution in [-0.4, -0.2) is 21.8 Å². The lowest BCUT2D eigenvalue weighted by atomic mass is 9.96. The van der Waals surface area contributed by atoms with E-state index in [0.29, 0.717) is 10.9 Å².